The van der Waals surface area contributed by atoms with Crippen molar-refractivity contribution in [2.45, 2.75) is 38.5 Å². The lowest BCUT2D eigenvalue weighted by molar-refractivity contribution is -0.145. The minimum atomic E-state index is -0.871. The van der Waals surface area contributed by atoms with Crippen LogP contribution in [0.25, 0.3) is 0 Å². The van der Waals surface area contributed by atoms with Crippen molar-refractivity contribution < 1.29 is 19.4 Å². The van der Waals surface area contributed by atoms with Gasteiger partial charge >= 0.3 is 12.1 Å². The van der Waals surface area contributed by atoms with Gasteiger partial charge in [-0.3, -0.25) is 9.69 Å². The summed E-state index contributed by atoms with van der Waals surface area (Å²) in [6, 6.07) is 1.10. The molecule has 0 radical (unpaired) electrons. The smallest absolute Gasteiger partial charge is 0.407 e. The number of likely N-dealkylation sites (tertiary alicyclic amines) is 1. The first-order valence-corrected chi connectivity index (χ1v) is 7.69. The molecule has 2 N–H and O–H groups in total. The number of nitrogens with one attached hydrogen (secondary N) is 1. The SMILES string of the molecule is CC(C)(C)OC(=O)NC1CN([C@H](C(=O)O)c2ccsc2)C1. The Morgan fingerprint density at radius 1 is 1.48 bits per heavy atom. The third kappa shape index (κ3) is 4.18. The molecule has 1 amide bonds. The Hall–Kier alpha value is -1.60. The fraction of sp³-hybridized carbons (Fsp3) is 0.571. The van der Waals surface area contributed by atoms with E-state index in [0.717, 1.165) is 5.56 Å². The van der Waals surface area contributed by atoms with E-state index >= 15 is 0 Å². The molecule has 1 aliphatic heterocycles. The summed E-state index contributed by atoms with van der Waals surface area (Å²) in [6.07, 6.45) is -0.463. The largest absolute Gasteiger partial charge is 0.480 e. The number of nitrogens with zero attached hydrogens (tertiary/aromatic N) is 1. The molecule has 0 unspecified atom stereocenters. The molecule has 0 aromatic carbocycles. The molecule has 0 spiro atoms. The average molecular weight is 312 g/mol. The molecule has 1 fully saturated rings. The Morgan fingerprint density at radius 2 is 2.14 bits per heavy atom. The van der Waals surface area contributed by atoms with Crippen LogP contribution in [0.2, 0.25) is 0 Å². The predicted octanol–water partition coefficient (Wildman–Crippen LogP) is 2.08. The van der Waals surface area contributed by atoms with E-state index < -0.39 is 23.7 Å². The van der Waals surface area contributed by atoms with Crippen LogP contribution in [0, 0.1) is 0 Å². The van der Waals surface area contributed by atoms with Crippen molar-refractivity contribution in [3.05, 3.63) is 22.4 Å². The molecule has 7 heteroatoms. The maximum Gasteiger partial charge on any atom is 0.407 e. The lowest BCUT2D eigenvalue weighted by Gasteiger charge is -2.42. The number of hydrogen-bond acceptors (Lipinski definition) is 5. The normalized spacial score (nSPS) is 17.9. The number of carbonyl (C=O) groups excluding carboxylic acids is 1. The molecule has 0 saturated carbocycles. The van der Waals surface area contributed by atoms with Crippen molar-refractivity contribution >= 4 is 23.4 Å². The Balaban J connectivity index is 1.85. The molecule has 6 nitrogen and oxygen atoms in total. The first-order chi connectivity index (χ1) is 9.76. The van der Waals surface area contributed by atoms with Crippen LogP contribution in [0.3, 0.4) is 0 Å². The van der Waals surface area contributed by atoms with E-state index in [9.17, 15) is 14.7 Å². The molecule has 2 heterocycles. The van der Waals surface area contributed by atoms with Gasteiger partial charge in [-0.05, 0) is 43.2 Å². The van der Waals surface area contributed by atoms with E-state index in [1.807, 2.05) is 21.7 Å². The number of rotatable bonds is 4. The molecule has 1 aromatic rings. The van der Waals surface area contributed by atoms with Crippen molar-refractivity contribution in [2.75, 3.05) is 13.1 Å². The number of amides is 1. The zero-order valence-electron chi connectivity index (χ0n) is 12.3. The number of aliphatic carboxylic acids is 1. The van der Waals surface area contributed by atoms with Gasteiger partial charge in [-0.25, -0.2) is 4.79 Å². The van der Waals surface area contributed by atoms with Gasteiger partial charge in [0.05, 0.1) is 6.04 Å². The maximum absolute atomic E-state index is 11.6. The van der Waals surface area contributed by atoms with Gasteiger partial charge in [0.2, 0.25) is 0 Å². The van der Waals surface area contributed by atoms with Gasteiger partial charge in [-0.1, -0.05) is 0 Å². The highest BCUT2D eigenvalue weighted by molar-refractivity contribution is 7.08. The van der Waals surface area contributed by atoms with E-state index in [4.69, 9.17) is 4.74 Å². The lowest BCUT2D eigenvalue weighted by atomic mass is 10.0. The Bertz CT molecular complexity index is 504. The number of carboxylic acid groups (broad SMARTS) is 1. The van der Waals surface area contributed by atoms with Crippen LogP contribution in [0.5, 0.6) is 0 Å². The quantitative estimate of drug-likeness (QED) is 0.890. The molecule has 21 heavy (non-hydrogen) atoms. The van der Waals surface area contributed by atoms with Crippen molar-refractivity contribution in [2.24, 2.45) is 0 Å². The molecule has 0 bridgehead atoms. The number of alkyl carbamates (subject to hydrolysis) is 1. The van der Waals surface area contributed by atoms with Gasteiger partial charge in [-0.2, -0.15) is 11.3 Å². The van der Waals surface area contributed by atoms with Crippen molar-refractivity contribution in [3.8, 4) is 0 Å². The Labute approximate surface area is 127 Å². The molecular weight excluding hydrogens is 292 g/mol. The first kappa shape index (κ1) is 15.8. The first-order valence-electron chi connectivity index (χ1n) is 6.75. The summed E-state index contributed by atoms with van der Waals surface area (Å²) in [6.45, 7) is 6.42. The van der Waals surface area contributed by atoms with Gasteiger partial charge in [-0.15, -0.1) is 0 Å². The number of carbonyl (C=O) groups is 2. The summed E-state index contributed by atoms with van der Waals surface area (Å²) >= 11 is 1.48. The second kappa shape index (κ2) is 6.03. The van der Waals surface area contributed by atoms with Gasteiger partial charge in [0.1, 0.15) is 11.6 Å². The summed E-state index contributed by atoms with van der Waals surface area (Å²) in [5.41, 5.74) is 0.247. The number of ether oxygens (including phenoxy) is 1. The number of thiophene rings is 1. The molecule has 2 rings (SSSR count). The molecule has 0 aliphatic carbocycles. The summed E-state index contributed by atoms with van der Waals surface area (Å²) in [5.74, 6) is -0.871. The summed E-state index contributed by atoms with van der Waals surface area (Å²) in [7, 11) is 0. The van der Waals surface area contributed by atoms with Crippen molar-refractivity contribution in [1.29, 1.82) is 0 Å². The minimum absolute atomic E-state index is 0.0691. The van der Waals surface area contributed by atoms with Gasteiger partial charge < -0.3 is 15.2 Å². The maximum atomic E-state index is 11.6. The number of hydrogen-bond donors (Lipinski definition) is 2. The van der Waals surface area contributed by atoms with E-state index in [-0.39, 0.29) is 6.04 Å². The molecule has 1 saturated heterocycles. The monoisotopic (exact) mass is 312 g/mol. The van der Waals surface area contributed by atoms with Crippen LogP contribution in [0.15, 0.2) is 16.8 Å². The van der Waals surface area contributed by atoms with Crippen LogP contribution >= 0.6 is 11.3 Å². The second-order valence-electron chi connectivity index (χ2n) is 6.09. The highest BCUT2D eigenvalue weighted by Crippen LogP contribution is 2.27. The zero-order chi connectivity index (χ0) is 15.6. The van der Waals surface area contributed by atoms with Gasteiger partial charge in [0.25, 0.3) is 0 Å². The van der Waals surface area contributed by atoms with Crippen molar-refractivity contribution in [1.82, 2.24) is 10.2 Å². The second-order valence-corrected chi connectivity index (χ2v) is 6.87. The third-order valence-corrected chi connectivity index (χ3v) is 3.79. The van der Waals surface area contributed by atoms with E-state index in [1.165, 1.54) is 11.3 Å². The zero-order valence-corrected chi connectivity index (χ0v) is 13.1. The van der Waals surface area contributed by atoms with Gasteiger partial charge in [0, 0.05) is 13.1 Å². The molecule has 1 aliphatic rings. The van der Waals surface area contributed by atoms with Crippen LogP contribution in [0.1, 0.15) is 32.4 Å². The molecule has 1 atom stereocenters. The van der Waals surface area contributed by atoms with Crippen LogP contribution < -0.4 is 5.32 Å². The summed E-state index contributed by atoms with van der Waals surface area (Å²) < 4.78 is 5.18. The van der Waals surface area contributed by atoms with Gasteiger partial charge in [0.15, 0.2) is 0 Å². The average Bonchev–Trinajstić information content (AvgIpc) is 2.76. The summed E-state index contributed by atoms with van der Waals surface area (Å²) in [4.78, 5) is 24.9. The van der Waals surface area contributed by atoms with Crippen LogP contribution in [-0.2, 0) is 9.53 Å². The summed E-state index contributed by atoms with van der Waals surface area (Å²) in [5, 5.41) is 15.8. The molecular formula is C14H20N2O4S. The van der Waals surface area contributed by atoms with Crippen LogP contribution in [0.4, 0.5) is 4.79 Å². The molecule has 1 aromatic heterocycles. The highest BCUT2D eigenvalue weighted by atomic mass is 32.1. The fourth-order valence-corrected chi connectivity index (χ4v) is 2.91. The molecule has 116 valence electrons. The number of carboxylic acids is 1. The minimum Gasteiger partial charge on any atom is -0.480 e. The highest BCUT2D eigenvalue weighted by Gasteiger charge is 2.38. The fourth-order valence-electron chi connectivity index (χ4n) is 2.23. The third-order valence-electron chi connectivity index (χ3n) is 3.09. The topological polar surface area (TPSA) is 78.9 Å². The van der Waals surface area contributed by atoms with E-state index in [2.05, 4.69) is 5.32 Å². The lowest BCUT2D eigenvalue weighted by Crippen LogP contribution is -2.61. The Morgan fingerprint density at radius 3 is 2.62 bits per heavy atom. The standard InChI is InChI=1S/C14H20N2O4S/c1-14(2,3)20-13(19)15-10-6-16(7-10)11(12(17)18)9-4-5-21-8-9/h4-5,8,10-11H,6-7H2,1-3H3,(H,15,19)(H,17,18)/t11-/m0/s1. The van der Waals surface area contributed by atoms with Crippen LogP contribution in [-0.4, -0.2) is 46.8 Å². The van der Waals surface area contributed by atoms with E-state index in [1.54, 1.807) is 20.8 Å². The van der Waals surface area contributed by atoms with E-state index in [0.29, 0.717) is 13.1 Å². The Kier molecular flexibility index (Phi) is 4.53. The predicted molar refractivity (Wildman–Crippen MR) is 79.4 cm³/mol. The van der Waals surface area contributed by atoms with Crippen molar-refractivity contribution in [3.63, 3.8) is 0 Å².